The van der Waals surface area contributed by atoms with Gasteiger partial charge in [-0.2, -0.15) is 0 Å². The molecule has 3 fully saturated rings. The predicted octanol–water partition coefficient (Wildman–Crippen LogP) is 4.78. The van der Waals surface area contributed by atoms with Crippen LogP contribution in [-0.2, 0) is 17.3 Å². The first kappa shape index (κ1) is 24.3. The lowest BCUT2D eigenvalue weighted by Gasteiger charge is -2.51. The topological polar surface area (TPSA) is 57.9 Å². The Bertz CT molecular complexity index is 1100. The number of ether oxygens (including phenoxy) is 1. The molecular weight excluding hydrogens is 450 g/mol. The number of aromatic nitrogens is 1. The molecule has 2 aliphatic heterocycles. The van der Waals surface area contributed by atoms with Crippen LogP contribution in [0.25, 0.3) is 10.9 Å². The molecule has 1 N–H and O–H groups in total. The van der Waals surface area contributed by atoms with Crippen LogP contribution in [-0.4, -0.2) is 65.3 Å². The number of methoxy groups -OCH3 is 1. The van der Waals surface area contributed by atoms with Gasteiger partial charge in [-0.3, -0.25) is 4.79 Å². The van der Waals surface area contributed by atoms with E-state index in [4.69, 9.17) is 4.74 Å². The molecule has 0 bridgehead atoms. The second kappa shape index (κ2) is 9.68. The fraction of sp³-hybridized carbons (Fsp3) is 0.700. The van der Waals surface area contributed by atoms with Crippen LogP contribution in [0.1, 0.15) is 81.5 Å². The molecule has 0 radical (unpaired) electrons. The van der Waals surface area contributed by atoms with E-state index in [9.17, 15) is 9.90 Å². The molecule has 2 aromatic rings. The van der Waals surface area contributed by atoms with Crippen molar-refractivity contribution in [3.05, 3.63) is 29.5 Å². The SMILES string of the molecule is COc1ccc2c3c(n(C)c2c1)[C@H](CO)N(C(=O)C1CCCC1)CC31CCN(CC2CCCC2)CC1. The first-order chi connectivity index (χ1) is 17.5. The van der Waals surface area contributed by atoms with E-state index in [1.165, 1.54) is 43.2 Å². The van der Waals surface area contributed by atoms with Gasteiger partial charge < -0.3 is 24.2 Å². The number of aliphatic hydroxyl groups excluding tert-OH is 1. The lowest BCUT2D eigenvalue weighted by atomic mass is 9.68. The van der Waals surface area contributed by atoms with Crippen molar-refractivity contribution < 1.29 is 14.6 Å². The quantitative estimate of drug-likeness (QED) is 0.652. The molecule has 3 heterocycles. The number of benzene rings is 1. The average molecular weight is 494 g/mol. The van der Waals surface area contributed by atoms with Crippen LogP contribution in [0.15, 0.2) is 18.2 Å². The van der Waals surface area contributed by atoms with Crippen LogP contribution in [0.2, 0.25) is 0 Å². The number of carbonyl (C=O) groups excluding carboxylic acids is 1. The number of piperidine rings is 1. The summed E-state index contributed by atoms with van der Waals surface area (Å²) in [6.45, 7) is 4.13. The molecule has 6 heteroatoms. The summed E-state index contributed by atoms with van der Waals surface area (Å²) in [6.07, 6.45) is 12.0. The Morgan fingerprint density at radius 3 is 2.44 bits per heavy atom. The van der Waals surface area contributed by atoms with Crippen molar-refractivity contribution in [2.24, 2.45) is 18.9 Å². The summed E-state index contributed by atoms with van der Waals surface area (Å²) in [7, 11) is 3.82. The van der Waals surface area contributed by atoms with Gasteiger partial charge in [-0.05, 0) is 75.2 Å². The van der Waals surface area contributed by atoms with Gasteiger partial charge in [-0.1, -0.05) is 25.7 Å². The molecular formula is C30H43N3O3. The monoisotopic (exact) mass is 493 g/mol. The highest BCUT2D eigenvalue weighted by molar-refractivity contribution is 5.90. The van der Waals surface area contributed by atoms with Crippen molar-refractivity contribution in [3.63, 3.8) is 0 Å². The van der Waals surface area contributed by atoms with Gasteiger partial charge in [-0.25, -0.2) is 0 Å². The van der Waals surface area contributed by atoms with Crippen LogP contribution < -0.4 is 4.74 Å². The maximum absolute atomic E-state index is 13.9. The highest BCUT2D eigenvalue weighted by atomic mass is 16.5. The lowest BCUT2D eigenvalue weighted by Crippen LogP contribution is -2.56. The van der Waals surface area contributed by atoms with E-state index in [1.54, 1.807) is 7.11 Å². The summed E-state index contributed by atoms with van der Waals surface area (Å²) in [5.74, 6) is 2.10. The van der Waals surface area contributed by atoms with E-state index in [0.717, 1.165) is 81.0 Å². The van der Waals surface area contributed by atoms with Gasteiger partial charge in [0.2, 0.25) is 5.91 Å². The van der Waals surface area contributed by atoms with Gasteiger partial charge in [0.25, 0.3) is 0 Å². The summed E-state index contributed by atoms with van der Waals surface area (Å²) in [5.41, 5.74) is 3.61. The number of hydrogen-bond donors (Lipinski definition) is 1. The maximum atomic E-state index is 13.9. The molecule has 4 aliphatic rings. The maximum Gasteiger partial charge on any atom is 0.226 e. The lowest BCUT2D eigenvalue weighted by molar-refractivity contribution is -0.141. The van der Waals surface area contributed by atoms with Crippen LogP contribution >= 0.6 is 0 Å². The largest absolute Gasteiger partial charge is 0.497 e. The molecule has 1 atom stereocenters. The molecule has 1 spiro atoms. The minimum atomic E-state index is -0.279. The van der Waals surface area contributed by atoms with Crippen molar-refractivity contribution in [1.82, 2.24) is 14.4 Å². The number of aliphatic hydroxyl groups is 1. The second-order valence-electron chi connectivity index (χ2n) is 12.1. The fourth-order valence-electron chi connectivity index (χ4n) is 8.13. The van der Waals surface area contributed by atoms with Crippen LogP contribution in [0.5, 0.6) is 5.75 Å². The van der Waals surface area contributed by atoms with Crippen molar-refractivity contribution in [2.75, 3.05) is 39.9 Å². The molecule has 1 aromatic carbocycles. The summed E-state index contributed by atoms with van der Waals surface area (Å²) in [6, 6.07) is 6.12. The van der Waals surface area contributed by atoms with Gasteiger partial charge in [0, 0.05) is 48.6 Å². The number of hydrogen-bond acceptors (Lipinski definition) is 4. The van der Waals surface area contributed by atoms with Gasteiger partial charge in [0.1, 0.15) is 5.75 Å². The minimum Gasteiger partial charge on any atom is -0.497 e. The third-order valence-electron chi connectivity index (χ3n) is 10.1. The first-order valence-electron chi connectivity index (χ1n) is 14.3. The second-order valence-corrected chi connectivity index (χ2v) is 12.1. The Morgan fingerprint density at radius 1 is 1.08 bits per heavy atom. The zero-order valence-electron chi connectivity index (χ0n) is 22.2. The summed E-state index contributed by atoms with van der Waals surface area (Å²) < 4.78 is 7.81. The summed E-state index contributed by atoms with van der Waals surface area (Å²) in [5, 5.41) is 12.0. The van der Waals surface area contributed by atoms with E-state index in [0.29, 0.717) is 0 Å². The average Bonchev–Trinajstić information content (AvgIpc) is 3.67. The van der Waals surface area contributed by atoms with E-state index < -0.39 is 0 Å². The Balaban J connectivity index is 1.41. The van der Waals surface area contributed by atoms with E-state index in [2.05, 4.69) is 39.6 Å². The molecule has 6 rings (SSSR count). The Labute approximate surface area is 215 Å². The third kappa shape index (κ3) is 3.96. The smallest absolute Gasteiger partial charge is 0.226 e. The molecule has 1 amide bonds. The van der Waals surface area contributed by atoms with Gasteiger partial charge in [-0.15, -0.1) is 0 Å². The zero-order valence-corrected chi connectivity index (χ0v) is 22.2. The van der Waals surface area contributed by atoms with Crippen molar-refractivity contribution in [2.45, 2.75) is 75.7 Å². The molecule has 36 heavy (non-hydrogen) atoms. The number of fused-ring (bicyclic) bond motifs is 4. The van der Waals surface area contributed by atoms with Crippen molar-refractivity contribution >= 4 is 16.8 Å². The minimum absolute atomic E-state index is 0.0311. The van der Waals surface area contributed by atoms with Crippen LogP contribution in [0.4, 0.5) is 0 Å². The van der Waals surface area contributed by atoms with Gasteiger partial charge in [0.15, 0.2) is 0 Å². The molecule has 2 saturated carbocycles. The number of nitrogens with zero attached hydrogens (tertiary/aromatic N) is 3. The Hall–Kier alpha value is -2.05. The third-order valence-corrected chi connectivity index (χ3v) is 10.1. The molecule has 196 valence electrons. The normalized spacial score (nSPS) is 25.2. The fourth-order valence-corrected chi connectivity index (χ4v) is 8.13. The molecule has 1 aromatic heterocycles. The van der Waals surface area contributed by atoms with Gasteiger partial charge in [0.05, 0.1) is 25.3 Å². The Morgan fingerprint density at radius 2 is 1.78 bits per heavy atom. The van der Waals surface area contributed by atoms with E-state index >= 15 is 0 Å². The van der Waals surface area contributed by atoms with E-state index in [-0.39, 0.29) is 29.9 Å². The first-order valence-corrected chi connectivity index (χ1v) is 14.3. The predicted molar refractivity (Wildman–Crippen MR) is 142 cm³/mol. The molecule has 1 saturated heterocycles. The summed E-state index contributed by atoms with van der Waals surface area (Å²) in [4.78, 5) is 18.7. The highest BCUT2D eigenvalue weighted by Gasteiger charge is 2.50. The number of aryl methyl sites for hydroxylation is 1. The van der Waals surface area contributed by atoms with Crippen molar-refractivity contribution in [3.8, 4) is 5.75 Å². The standard InChI is InChI=1S/C30H43N3O3/c1-31-25-17-23(36-2)11-12-24(25)27-28(31)26(19-34)33(29(35)22-9-5-6-10-22)20-30(27)13-15-32(16-14-30)18-21-7-3-4-8-21/h11-12,17,21-22,26,34H,3-10,13-16,18-20H2,1-2H3/t26-/m0/s1. The van der Waals surface area contributed by atoms with E-state index in [1.807, 2.05) is 0 Å². The molecule has 6 nitrogen and oxygen atoms in total. The number of amides is 1. The highest BCUT2D eigenvalue weighted by Crippen LogP contribution is 2.51. The number of rotatable bonds is 5. The molecule has 2 aliphatic carbocycles. The summed E-state index contributed by atoms with van der Waals surface area (Å²) >= 11 is 0. The number of carbonyl (C=O) groups is 1. The molecule has 0 unspecified atom stereocenters. The zero-order chi connectivity index (χ0) is 24.9. The van der Waals surface area contributed by atoms with Crippen LogP contribution in [0.3, 0.4) is 0 Å². The van der Waals surface area contributed by atoms with Gasteiger partial charge >= 0.3 is 0 Å². The van der Waals surface area contributed by atoms with Crippen molar-refractivity contribution in [1.29, 1.82) is 0 Å². The number of likely N-dealkylation sites (tertiary alicyclic amines) is 1. The Kier molecular flexibility index (Phi) is 6.53. The van der Waals surface area contributed by atoms with Crippen LogP contribution in [0, 0.1) is 11.8 Å².